The van der Waals surface area contributed by atoms with Crippen LogP contribution in [0.2, 0.25) is 0 Å². The third-order valence-corrected chi connectivity index (χ3v) is 3.31. The first kappa shape index (κ1) is 12.2. The Hall–Kier alpha value is -1.22. The summed E-state index contributed by atoms with van der Waals surface area (Å²) < 4.78 is 42.4. The number of nitrogens with zero attached hydrogens (tertiary/aromatic N) is 2. The number of anilines is 1. The second-order valence-electron chi connectivity index (χ2n) is 3.74. The summed E-state index contributed by atoms with van der Waals surface area (Å²) in [5.74, 6) is -1.05. The van der Waals surface area contributed by atoms with Crippen LogP contribution in [-0.2, 0) is 4.79 Å². The number of rotatable bonds is 2. The first-order valence-electron chi connectivity index (χ1n) is 4.82. The fourth-order valence-corrected chi connectivity index (χ4v) is 2.13. The molecular formula is C8H9F3N4OS. The minimum Gasteiger partial charge on any atom is -0.315 e. The molecule has 9 heteroatoms. The standard InChI is InChI=1S/C8H9F3N4OS/c9-8(10,11)7(1-2-12-4-7)6(16)14-5-3-13-15-17-5/h3,12H,1-2,4H2,(H,14,16). The van der Waals surface area contributed by atoms with Gasteiger partial charge in [-0.1, -0.05) is 4.49 Å². The Morgan fingerprint density at radius 2 is 2.35 bits per heavy atom. The van der Waals surface area contributed by atoms with Gasteiger partial charge in [0, 0.05) is 18.1 Å². The highest BCUT2D eigenvalue weighted by Crippen LogP contribution is 2.43. The van der Waals surface area contributed by atoms with E-state index in [4.69, 9.17) is 0 Å². The summed E-state index contributed by atoms with van der Waals surface area (Å²) in [5, 5.41) is 8.43. The summed E-state index contributed by atoms with van der Waals surface area (Å²) in [6.45, 7) is -0.220. The van der Waals surface area contributed by atoms with Gasteiger partial charge in [0.15, 0.2) is 5.41 Å². The Morgan fingerprint density at radius 3 is 2.82 bits per heavy atom. The lowest BCUT2D eigenvalue weighted by Gasteiger charge is -2.28. The van der Waals surface area contributed by atoms with Gasteiger partial charge in [-0.05, 0) is 13.0 Å². The van der Waals surface area contributed by atoms with E-state index < -0.39 is 24.0 Å². The van der Waals surface area contributed by atoms with Gasteiger partial charge in [-0.15, -0.1) is 5.10 Å². The van der Waals surface area contributed by atoms with Crippen LogP contribution >= 0.6 is 11.5 Å². The molecule has 1 aliphatic rings. The molecule has 2 heterocycles. The third kappa shape index (κ3) is 2.12. The van der Waals surface area contributed by atoms with E-state index in [9.17, 15) is 18.0 Å². The predicted octanol–water partition coefficient (Wildman–Crippen LogP) is 1.02. The second-order valence-corrected chi connectivity index (χ2v) is 4.53. The van der Waals surface area contributed by atoms with Crippen LogP contribution in [-0.4, -0.2) is 34.8 Å². The summed E-state index contributed by atoms with van der Waals surface area (Å²) in [4.78, 5) is 11.8. The Labute approximate surface area is 98.6 Å². The van der Waals surface area contributed by atoms with Gasteiger partial charge in [0.25, 0.3) is 0 Å². The van der Waals surface area contributed by atoms with E-state index in [2.05, 4.69) is 20.2 Å². The van der Waals surface area contributed by atoms with Crippen LogP contribution in [0.1, 0.15) is 6.42 Å². The average Bonchev–Trinajstić information content (AvgIpc) is 2.85. The van der Waals surface area contributed by atoms with E-state index in [-0.39, 0.29) is 18.0 Å². The van der Waals surface area contributed by atoms with Crippen molar-refractivity contribution in [1.82, 2.24) is 14.9 Å². The van der Waals surface area contributed by atoms with Crippen LogP contribution in [0.4, 0.5) is 18.2 Å². The maximum atomic E-state index is 13.0. The van der Waals surface area contributed by atoms with Crippen molar-refractivity contribution in [2.75, 3.05) is 18.4 Å². The van der Waals surface area contributed by atoms with Crippen molar-refractivity contribution in [3.05, 3.63) is 6.20 Å². The topological polar surface area (TPSA) is 66.9 Å². The van der Waals surface area contributed by atoms with E-state index in [1.54, 1.807) is 0 Å². The molecule has 2 N–H and O–H groups in total. The first-order chi connectivity index (χ1) is 7.96. The fraction of sp³-hybridized carbons (Fsp3) is 0.625. The summed E-state index contributed by atoms with van der Waals surface area (Å²) in [7, 11) is 0. The molecule has 1 aromatic rings. The molecule has 0 aromatic carbocycles. The van der Waals surface area contributed by atoms with Gasteiger partial charge in [-0.2, -0.15) is 13.2 Å². The summed E-state index contributed by atoms with van der Waals surface area (Å²) in [6, 6.07) is 0. The van der Waals surface area contributed by atoms with E-state index in [1.807, 2.05) is 0 Å². The zero-order valence-corrected chi connectivity index (χ0v) is 9.36. The van der Waals surface area contributed by atoms with Crippen LogP contribution in [0.15, 0.2) is 6.20 Å². The van der Waals surface area contributed by atoms with Crippen LogP contribution in [0.3, 0.4) is 0 Å². The Balaban J connectivity index is 2.20. The summed E-state index contributed by atoms with van der Waals surface area (Å²) >= 11 is 0.839. The van der Waals surface area contributed by atoms with Gasteiger partial charge in [0.05, 0.1) is 6.20 Å². The zero-order chi connectivity index (χ0) is 12.5. The number of carbonyl (C=O) groups is 1. The van der Waals surface area contributed by atoms with E-state index in [1.165, 1.54) is 6.20 Å². The number of halogens is 3. The minimum atomic E-state index is -4.57. The molecule has 5 nitrogen and oxygen atoms in total. The van der Waals surface area contributed by atoms with E-state index >= 15 is 0 Å². The number of carbonyl (C=O) groups excluding carboxylic acids is 1. The fourth-order valence-electron chi connectivity index (χ4n) is 1.71. The van der Waals surface area contributed by atoms with Crippen molar-refractivity contribution in [3.8, 4) is 0 Å². The van der Waals surface area contributed by atoms with Gasteiger partial charge >= 0.3 is 6.18 Å². The van der Waals surface area contributed by atoms with Crippen LogP contribution in [0.5, 0.6) is 0 Å². The first-order valence-corrected chi connectivity index (χ1v) is 5.59. The Morgan fingerprint density at radius 1 is 1.59 bits per heavy atom. The lowest BCUT2D eigenvalue weighted by molar-refractivity contribution is -0.213. The van der Waals surface area contributed by atoms with E-state index in [0.717, 1.165) is 11.5 Å². The van der Waals surface area contributed by atoms with Gasteiger partial charge < -0.3 is 10.6 Å². The second kappa shape index (κ2) is 4.22. The molecule has 1 fully saturated rings. The molecule has 1 saturated heterocycles. The number of amides is 1. The molecule has 17 heavy (non-hydrogen) atoms. The molecule has 0 aliphatic carbocycles. The number of hydrogen-bond acceptors (Lipinski definition) is 5. The highest BCUT2D eigenvalue weighted by atomic mass is 32.1. The maximum Gasteiger partial charge on any atom is 0.404 e. The van der Waals surface area contributed by atoms with Crippen molar-refractivity contribution in [3.63, 3.8) is 0 Å². The van der Waals surface area contributed by atoms with Crippen LogP contribution in [0, 0.1) is 5.41 Å². The Kier molecular flexibility index (Phi) is 3.04. The quantitative estimate of drug-likeness (QED) is 0.838. The summed E-state index contributed by atoms with van der Waals surface area (Å²) in [6.07, 6.45) is -3.61. The SMILES string of the molecule is O=C(Nc1cnns1)C1(C(F)(F)F)CCNC1. The molecule has 2 rings (SSSR count). The molecule has 0 spiro atoms. The third-order valence-electron chi connectivity index (χ3n) is 2.73. The number of alkyl halides is 3. The lowest BCUT2D eigenvalue weighted by atomic mass is 9.85. The van der Waals surface area contributed by atoms with Crippen molar-refractivity contribution in [2.45, 2.75) is 12.6 Å². The van der Waals surface area contributed by atoms with E-state index in [0.29, 0.717) is 0 Å². The highest BCUT2D eigenvalue weighted by Gasteiger charge is 2.61. The largest absolute Gasteiger partial charge is 0.404 e. The maximum absolute atomic E-state index is 13.0. The van der Waals surface area contributed by atoms with Gasteiger partial charge in [0.1, 0.15) is 5.00 Å². The molecule has 0 saturated carbocycles. The van der Waals surface area contributed by atoms with Crippen molar-refractivity contribution in [2.24, 2.45) is 5.41 Å². The highest BCUT2D eigenvalue weighted by molar-refractivity contribution is 7.10. The van der Waals surface area contributed by atoms with Crippen LogP contribution in [0.25, 0.3) is 0 Å². The molecule has 1 aromatic heterocycles. The van der Waals surface area contributed by atoms with Gasteiger partial charge in [-0.3, -0.25) is 4.79 Å². The minimum absolute atomic E-state index is 0.174. The Bertz CT molecular complexity index is 399. The number of aromatic nitrogens is 2. The lowest BCUT2D eigenvalue weighted by Crippen LogP contribution is -2.49. The molecule has 1 amide bonds. The molecular weight excluding hydrogens is 257 g/mol. The summed E-state index contributed by atoms with van der Waals surface area (Å²) in [5.41, 5.74) is -2.35. The average molecular weight is 266 g/mol. The smallest absolute Gasteiger partial charge is 0.315 e. The van der Waals surface area contributed by atoms with Crippen molar-refractivity contribution < 1.29 is 18.0 Å². The molecule has 0 radical (unpaired) electrons. The van der Waals surface area contributed by atoms with Crippen molar-refractivity contribution in [1.29, 1.82) is 0 Å². The molecule has 1 aliphatic heterocycles. The number of hydrogen-bond donors (Lipinski definition) is 2. The molecule has 0 bridgehead atoms. The molecule has 1 atom stereocenters. The van der Waals surface area contributed by atoms with Gasteiger partial charge in [0.2, 0.25) is 5.91 Å². The zero-order valence-electron chi connectivity index (χ0n) is 8.54. The normalized spacial score (nSPS) is 24.9. The predicted molar refractivity (Wildman–Crippen MR) is 54.5 cm³/mol. The monoisotopic (exact) mass is 266 g/mol. The van der Waals surface area contributed by atoms with Gasteiger partial charge in [-0.25, -0.2) is 0 Å². The number of nitrogens with one attached hydrogen (secondary N) is 2. The molecule has 94 valence electrons. The van der Waals surface area contributed by atoms with Crippen molar-refractivity contribution >= 4 is 22.4 Å². The van der Waals surface area contributed by atoms with Crippen LogP contribution < -0.4 is 10.6 Å². The molecule has 1 unspecified atom stereocenters.